The highest BCUT2D eigenvalue weighted by molar-refractivity contribution is 5.76. The van der Waals surface area contributed by atoms with Gasteiger partial charge in [-0.1, -0.05) is 195 Å². The van der Waals surface area contributed by atoms with Crippen LogP contribution in [0.4, 0.5) is 0 Å². The summed E-state index contributed by atoms with van der Waals surface area (Å²) >= 11 is 0. The predicted octanol–water partition coefficient (Wildman–Crippen LogP) is 8.94. The maximum Gasteiger partial charge on any atom is 0.220 e. The number of rotatable bonds is 43. The summed E-state index contributed by atoms with van der Waals surface area (Å²) in [6.45, 7) is 2.59. The first kappa shape index (κ1) is 66.3. The fourth-order valence-electron chi connectivity index (χ4n) is 8.80. The minimum atomic E-state index is -1.78. The van der Waals surface area contributed by atoms with Gasteiger partial charge in [0, 0.05) is 6.42 Å². The van der Waals surface area contributed by atoms with E-state index >= 15 is 0 Å². The summed E-state index contributed by atoms with van der Waals surface area (Å²) in [7, 11) is 0. The molecule has 14 heteroatoms. The van der Waals surface area contributed by atoms with Gasteiger partial charge in [0.05, 0.1) is 32.0 Å². The fraction of sp³-hybridized carbons (Fsp3) is 0.746. The molecule has 2 aliphatic heterocycles. The van der Waals surface area contributed by atoms with Gasteiger partial charge in [-0.25, -0.2) is 0 Å². The zero-order chi connectivity index (χ0) is 53.2. The Morgan fingerprint density at radius 3 is 1.44 bits per heavy atom. The van der Waals surface area contributed by atoms with Crippen molar-refractivity contribution in [3.05, 3.63) is 85.1 Å². The maximum absolute atomic E-state index is 13.1. The molecule has 2 saturated heterocycles. The first-order valence-electron chi connectivity index (χ1n) is 28.3. The largest absolute Gasteiger partial charge is 0.394 e. The summed E-state index contributed by atoms with van der Waals surface area (Å²) in [4.78, 5) is 13.1. The Morgan fingerprint density at radius 1 is 0.507 bits per heavy atom. The molecule has 0 aromatic rings. The second kappa shape index (κ2) is 44.3. The molecule has 12 atom stereocenters. The number of nitrogens with one attached hydrogen (secondary N) is 1. The molecule has 2 aliphatic rings. The number of hydrogen-bond acceptors (Lipinski definition) is 13. The van der Waals surface area contributed by atoms with Crippen molar-refractivity contribution in [2.75, 3.05) is 19.8 Å². The van der Waals surface area contributed by atoms with Gasteiger partial charge >= 0.3 is 0 Å². The summed E-state index contributed by atoms with van der Waals surface area (Å²) in [6.07, 6.45) is 42.6. The Balaban J connectivity index is 1.53. The van der Waals surface area contributed by atoms with E-state index in [0.29, 0.717) is 12.8 Å². The molecule has 0 aliphatic carbocycles. The van der Waals surface area contributed by atoms with E-state index in [1.807, 2.05) is 0 Å². The minimum absolute atomic E-state index is 0.221. The highest BCUT2D eigenvalue weighted by atomic mass is 16.7. The van der Waals surface area contributed by atoms with Crippen LogP contribution in [0.2, 0.25) is 0 Å². The van der Waals surface area contributed by atoms with Gasteiger partial charge in [0.15, 0.2) is 12.6 Å². The fourth-order valence-corrected chi connectivity index (χ4v) is 8.80. The van der Waals surface area contributed by atoms with Gasteiger partial charge < -0.3 is 65.1 Å². The third kappa shape index (κ3) is 30.5. The van der Waals surface area contributed by atoms with Gasteiger partial charge in [-0.15, -0.1) is 0 Å². The van der Waals surface area contributed by atoms with Crippen LogP contribution in [0.1, 0.15) is 187 Å². The monoisotopic (exact) mass is 1030 g/mol. The van der Waals surface area contributed by atoms with Crippen molar-refractivity contribution >= 4 is 5.91 Å². The Labute approximate surface area is 440 Å². The van der Waals surface area contributed by atoms with E-state index in [2.05, 4.69) is 104 Å². The molecule has 9 N–H and O–H groups in total. The number of carbonyl (C=O) groups excluding carboxylic acids is 1. The van der Waals surface area contributed by atoms with Crippen LogP contribution in [0, 0.1) is 0 Å². The van der Waals surface area contributed by atoms with Crippen LogP contribution in [-0.4, -0.2) is 140 Å². The van der Waals surface area contributed by atoms with E-state index < -0.39 is 86.8 Å². The minimum Gasteiger partial charge on any atom is -0.394 e. The lowest BCUT2D eigenvalue weighted by molar-refractivity contribution is -0.359. The van der Waals surface area contributed by atoms with E-state index in [1.54, 1.807) is 0 Å². The van der Waals surface area contributed by atoms with E-state index in [-0.39, 0.29) is 12.5 Å². The molecule has 2 rings (SSSR count). The molecule has 2 heterocycles. The van der Waals surface area contributed by atoms with Gasteiger partial charge in [-0.3, -0.25) is 4.79 Å². The van der Waals surface area contributed by atoms with Gasteiger partial charge in [0.25, 0.3) is 0 Å². The highest BCUT2D eigenvalue weighted by Gasteiger charge is 2.51. The van der Waals surface area contributed by atoms with Gasteiger partial charge in [0.1, 0.15) is 48.8 Å². The normalized spacial score (nSPS) is 26.1. The molecule has 420 valence electrons. The van der Waals surface area contributed by atoms with Crippen molar-refractivity contribution in [1.29, 1.82) is 0 Å². The molecule has 73 heavy (non-hydrogen) atoms. The lowest BCUT2D eigenvalue weighted by Crippen LogP contribution is -2.65. The average molecular weight is 1030 g/mol. The van der Waals surface area contributed by atoms with Crippen LogP contribution < -0.4 is 5.32 Å². The highest BCUT2D eigenvalue weighted by Crippen LogP contribution is 2.30. The first-order valence-corrected chi connectivity index (χ1v) is 28.3. The lowest BCUT2D eigenvalue weighted by Gasteiger charge is -2.46. The zero-order valence-corrected chi connectivity index (χ0v) is 44.8. The Morgan fingerprint density at radius 2 is 0.945 bits per heavy atom. The number of unbranched alkanes of at least 4 members (excludes halogenated alkanes) is 16. The SMILES string of the molecule is CC/C=C\C/C=C\C/C=C\C/C=C\C/C=C\C/C=C\C/C=C\CCCCCCCCCCCCCCCC(=O)NC(COC1OC(CO)C(OC2OC(CO)C(O)C(O)C2O)C(O)C1O)C(O)CCCCCC. The first-order chi connectivity index (χ1) is 35.6. The number of allylic oxidation sites excluding steroid dienone is 14. The van der Waals surface area contributed by atoms with Crippen LogP contribution in [0.5, 0.6) is 0 Å². The molecular formula is C59H101NO13. The van der Waals surface area contributed by atoms with Crippen LogP contribution in [-0.2, 0) is 23.7 Å². The second-order valence-electron chi connectivity index (χ2n) is 19.7. The molecule has 2 fully saturated rings. The molecule has 0 spiro atoms. The Bertz CT molecular complexity index is 1550. The topological polar surface area (TPSA) is 228 Å². The van der Waals surface area contributed by atoms with E-state index in [9.17, 15) is 45.6 Å². The standard InChI is InChI=1S/C59H101NO13/c1-3-5-7-9-10-11-12-13-14-15-16-17-18-19-20-21-22-23-24-25-26-27-28-29-30-31-32-33-34-35-36-37-38-39-41-43-51(64)60-47(48(63)42-40-8-6-4-2)46-70-58-56(69)54(67)57(50(45-62)72-58)73-59-55(68)53(66)52(65)49(44-61)71-59/h5,7,10-11,13-14,16-17,19-20,22-23,25-26,47-50,52-59,61-63,65-69H,3-4,6,8-9,12,15,18,21,24,27-46H2,1-2H3,(H,60,64)/b7-5-,11-10-,14-13-,17-16-,20-19-,23-22-,26-25-. The summed E-state index contributed by atoms with van der Waals surface area (Å²) in [5.41, 5.74) is 0. The Kier molecular flexibility index (Phi) is 40.2. The van der Waals surface area contributed by atoms with Crippen LogP contribution in [0.15, 0.2) is 85.1 Å². The molecule has 0 radical (unpaired) electrons. The molecule has 0 aromatic heterocycles. The van der Waals surface area contributed by atoms with Gasteiger partial charge in [-0.05, 0) is 70.6 Å². The van der Waals surface area contributed by atoms with Crippen molar-refractivity contribution in [2.24, 2.45) is 0 Å². The second-order valence-corrected chi connectivity index (χ2v) is 19.7. The van der Waals surface area contributed by atoms with Crippen molar-refractivity contribution in [1.82, 2.24) is 5.32 Å². The van der Waals surface area contributed by atoms with Crippen molar-refractivity contribution in [3.63, 3.8) is 0 Å². The Hall–Kier alpha value is -2.83. The van der Waals surface area contributed by atoms with Gasteiger partial charge in [-0.2, -0.15) is 0 Å². The number of amides is 1. The number of aliphatic hydroxyl groups excluding tert-OH is 8. The van der Waals surface area contributed by atoms with E-state index in [0.717, 1.165) is 103 Å². The average Bonchev–Trinajstić information content (AvgIpc) is 3.39. The van der Waals surface area contributed by atoms with E-state index in [1.165, 1.54) is 57.8 Å². The predicted molar refractivity (Wildman–Crippen MR) is 290 cm³/mol. The number of hydrogen-bond donors (Lipinski definition) is 9. The number of aliphatic hydroxyl groups is 8. The van der Waals surface area contributed by atoms with Crippen molar-refractivity contribution in [3.8, 4) is 0 Å². The molecule has 0 aromatic carbocycles. The lowest BCUT2D eigenvalue weighted by atomic mass is 9.97. The molecule has 1 amide bonds. The van der Waals surface area contributed by atoms with Crippen molar-refractivity contribution in [2.45, 2.75) is 261 Å². The molecule has 0 bridgehead atoms. The van der Waals surface area contributed by atoms with Crippen LogP contribution >= 0.6 is 0 Å². The third-order valence-electron chi connectivity index (χ3n) is 13.4. The number of carbonyl (C=O) groups is 1. The van der Waals surface area contributed by atoms with Crippen LogP contribution in [0.3, 0.4) is 0 Å². The molecule has 14 nitrogen and oxygen atoms in total. The summed E-state index contributed by atoms with van der Waals surface area (Å²) in [5, 5.41) is 86.3. The van der Waals surface area contributed by atoms with Crippen LogP contribution in [0.25, 0.3) is 0 Å². The summed E-state index contributed by atoms with van der Waals surface area (Å²) < 4.78 is 22.6. The van der Waals surface area contributed by atoms with E-state index in [4.69, 9.17) is 18.9 Å². The third-order valence-corrected chi connectivity index (χ3v) is 13.4. The molecule has 12 unspecified atom stereocenters. The molecule has 0 saturated carbocycles. The quantitative estimate of drug-likeness (QED) is 0.0206. The van der Waals surface area contributed by atoms with Crippen molar-refractivity contribution < 1.29 is 64.6 Å². The number of ether oxygens (including phenoxy) is 4. The summed E-state index contributed by atoms with van der Waals surface area (Å²) in [5.74, 6) is -0.221. The zero-order valence-electron chi connectivity index (χ0n) is 44.8. The van der Waals surface area contributed by atoms with Gasteiger partial charge in [0.2, 0.25) is 5.91 Å². The smallest absolute Gasteiger partial charge is 0.220 e. The summed E-state index contributed by atoms with van der Waals surface area (Å²) in [6, 6.07) is -0.829. The maximum atomic E-state index is 13.1. The molecular weight excluding hydrogens is 931 g/mol.